The molecule has 0 radical (unpaired) electrons. The van der Waals surface area contributed by atoms with Gasteiger partial charge in [0.25, 0.3) is 0 Å². The Kier molecular flexibility index (Phi) is 3.72. The van der Waals surface area contributed by atoms with E-state index in [4.69, 9.17) is 0 Å². The molecular weight excluding hydrogens is 174 g/mol. The maximum atomic E-state index is 11.0. The molecule has 4 heteroatoms. The van der Waals surface area contributed by atoms with E-state index in [1.54, 1.807) is 6.92 Å². The second-order valence-electron chi connectivity index (χ2n) is 4.27. The first-order valence-electron chi connectivity index (χ1n) is 4.07. The van der Waals surface area contributed by atoms with Gasteiger partial charge >= 0.3 is 0 Å². The summed E-state index contributed by atoms with van der Waals surface area (Å²) in [7, 11) is -2.89. The topological polar surface area (TPSA) is 46.2 Å². The number of nitrogens with one attached hydrogen (secondary N) is 1. The maximum Gasteiger partial charge on any atom is 0.151 e. The molecule has 0 heterocycles. The third kappa shape index (κ3) is 5.55. The fourth-order valence-corrected chi connectivity index (χ4v) is 0.987. The first-order chi connectivity index (χ1) is 5.13. The molecule has 1 N–H and O–H groups in total. The van der Waals surface area contributed by atoms with Crippen LogP contribution in [0.2, 0.25) is 0 Å². The summed E-state index contributed by atoms with van der Waals surface area (Å²) in [6.07, 6.45) is 1.27. The van der Waals surface area contributed by atoms with Crippen molar-refractivity contribution < 1.29 is 8.42 Å². The summed E-state index contributed by atoms with van der Waals surface area (Å²) in [6, 6.07) is 0. The number of hydrogen-bond donors (Lipinski definition) is 1. The van der Waals surface area contributed by atoms with Crippen LogP contribution in [0.15, 0.2) is 0 Å². The van der Waals surface area contributed by atoms with Crippen LogP contribution in [0, 0.1) is 0 Å². The summed E-state index contributed by atoms with van der Waals surface area (Å²) in [5.41, 5.74) is -0.0149. The molecule has 0 fully saturated rings. The van der Waals surface area contributed by atoms with E-state index >= 15 is 0 Å². The lowest BCUT2D eigenvalue weighted by atomic mass is 10.1. The van der Waals surface area contributed by atoms with Crippen LogP contribution in [0.3, 0.4) is 0 Å². The molecule has 0 saturated carbocycles. The van der Waals surface area contributed by atoms with Crippen molar-refractivity contribution in [1.29, 1.82) is 0 Å². The van der Waals surface area contributed by atoms with E-state index in [9.17, 15) is 8.42 Å². The molecule has 0 aromatic heterocycles. The Bertz CT molecular complexity index is 226. The van der Waals surface area contributed by atoms with E-state index in [1.165, 1.54) is 6.26 Å². The van der Waals surface area contributed by atoms with Crippen molar-refractivity contribution in [1.82, 2.24) is 5.32 Å². The van der Waals surface area contributed by atoms with Crippen molar-refractivity contribution in [3.63, 3.8) is 0 Å². The van der Waals surface area contributed by atoms with Crippen LogP contribution in [-0.4, -0.2) is 32.0 Å². The Balaban J connectivity index is 3.98. The molecule has 12 heavy (non-hydrogen) atoms. The lowest BCUT2D eigenvalue weighted by molar-refractivity contribution is 0.425. The molecule has 0 aliphatic heterocycles. The third-order valence-corrected chi connectivity index (χ3v) is 3.28. The summed E-state index contributed by atoms with van der Waals surface area (Å²) in [4.78, 5) is 0. The van der Waals surface area contributed by atoms with Gasteiger partial charge in [-0.1, -0.05) is 0 Å². The van der Waals surface area contributed by atoms with Gasteiger partial charge in [0.1, 0.15) is 0 Å². The van der Waals surface area contributed by atoms with Crippen molar-refractivity contribution in [2.24, 2.45) is 0 Å². The number of hydrogen-bond acceptors (Lipinski definition) is 3. The lowest BCUT2D eigenvalue weighted by Gasteiger charge is -2.22. The van der Waals surface area contributed by atoms with Crippen LogP contribution in [0.4, 0.5) is 0 Å². The van der Waals surface area contributed by atoms with Gasteiger partial charge in [-0.15, -0.1) is 0 Å². The summed E-state index contributed by atoms with van der Waals surface area (Å²) in [6.45, 7) is 8.28. The van der Waals surface area contributed by atoms with E-state index in [1.807, 2.05) is 20.8 Å². The molecule has 1 atom stereocenters. The van der Waals surface area contributed by atoms with E-state index in [0.29, 0.717) is 6.54 Å². The zero-order chi connectivity index (χ0) is 9.99. The van der Waals surface area contributed by atoms with Gasteiger partial charge in [-0.25, -0.2) is 8.42 Å². The Hall–Kier alpha value is -0.0900. The van der Waals surface area contributed by atoms with Gasteiger partial charge in [-0.05, 0) is 27.7 Å². The van der Waals surface area contributed by atoms with Gasteiger partial charge in [0.2, 0.25) is 0 Å². The SMILES string of the molecule is CC(CNC(C)(C)C)S(C)(=O)=O. The fourth-order valence-electron chi connectivity index (χ4n) is 0.601. The molecule has 74 valence electrons. The van der Waals surface area contributed by atoms with Gasteiger partial charge in [0.05, 0.1) is 5.25 Å². The zero-order valence-electron chi connectivity index (χ0n) is 8.51. The van der Waals surface area contributed by atoms with Crippen LogP contribution in [0.5, 0.6) is 0 Å². The van der Waals surface area contributed by atoms with Crippen LogP contribution in [-0.2, 0) is 9.84 Å². The van der Waals surface area contributed by atoms with Crippen molar-refractivity contribution in [2.45, 2.75) is 38.5 Å². The van der Waals surface area contributed by atoms with E-state index in [-0.39, 0.29) is 10.8 Å². The number of sulfone groups is 1. The molecule has 0 rings (SSSR count). The molecule has 0 bridgehead atoms. The fraction of sp³-hybridized carbons (Fsp3) is 1.00. The molecule has 0 saturated heterocycles. The smallest absolute Gasteiger partial charge is 0.151 e. The Labute approximate surface area is 75.5 Å². The van der Waals surface area contributed by atoms with Crippen LogP contribution in [0.1, 0.15) is 27.7 Å². The molecule has 0 amide bonds. The minimum atomic E-state index is -2.89. The van der Waals surface area contributed by atoms with Gasteiger partial charge in [-0.3, -0.25) is 0 Å². The van der Waals surface area contributed by atoms with Gasteiger partial charge in [0, 0.05) is 18.3 Å². The van der Waals surface area contributed by atoms with Gasteiger partial charge in [0.15, 0.2) is 9.84 Å². The minimum Gasteiger partial charge on any atom is -0.311 e. The van der Waals surface area contributed by atoms with Gasteiger partial charge < -0.3 is 5.32 Å². The second-order valence-corrected chi connectivity index (χ2v) is 6.73. The van der Waals surface area contributed by atoms with Crippen molar-refractivity contribution in [3.05, 3.63) is 0 Å². The molecule has 0 aliphatic rings. The molecule has 0 aliphatic carbocycles. The highest BCUT2D eigenvalue weighted by Crippen LogP contribution is 2.01. The highest BCUT2D eigenvalue weighted by molar-refractivity contribution is 7.91. The summed E-state index contributed by atoms with van der Waals surface area (Å²) < 4.78 is 22.0. The first-order valence-corrected chi connectivity index (χ1v) is 6.02. The number of rotatable bonds is 3. The first kappa shape index (κ1) is 11.9. The quantitative estimate of drug-likeness (QED) is 0.721. The van der Waals surface area contributed by atoms with Crippen LogP contribution < -0.4 is 5.32 Å². The standard InChI is InChI=1S/C8H19NO2S/c1-7(12(5,10)11)6-9-8(2,3)4/h7,9H,6H2,1-5H3. The van der Waals surface area contributed by atoms with E-state index in [0.717, 1.165) is 0 Å². The Morgan fingerprint density at radius 1 is 1.33 bits per heavy atom. The third-order valence-electron chi connectivity index (χ3n) is 1.65. The normalized spacial score (nSPS) is 16.1. The largest absolute Gasteiger partial charge is 0.311 e. The van der Waals surface area contributed by atoms with Crippen LogP contribution >= 0.6 is 0 Å². The monoisotopic (exact) mass is 193 g/mol. The zero-order valence-corrected chi connectivity index (χ0v) is 9.33. The molecule has 3 nitrogen and oxygen atoms in total. The van der Waals surface area contributed by atoms with Crippen molar-refractivity contribution >= 4 is 9.84 Å². The molecule has 0 aromatic carbocycles. The highest BCUT2D eigenvalue weighted by Gasteiger charge is 2.17. The van der Waals surface area contributed by atoms with Crippen molar-refractivity contribution in [3.8, 4) is 0 Å². The predicted octanol–water partition coefficient (Wildman–Crippen LogP) is 0.808. The average Bonchev–Trinajstić information content (AvgIpc) is 1.78. The van der Waals surface area contributed by atoms with E-state index < -0.39 is 9.84 Å². The summed E-state index contributed by atoms with van der Waals surface area (Å²) in [5, 5.41) is 2.84. The average molecular weight is 193 g/mol. The summed E-state index contributed by atoms with van der Waals surface area (Å²) in [5.74, 6) is 0. The maximum absolute atomic E-state index is 11.0. The lowest BCUT2D eigenvalue weighted by Crippen LogP contribution is -2.42. The molecule has 0 spiro atoms. The predicted molar refractivity (Wildman–Crippen MR) is 52.1 cm³/mol. The Morgan fingerprint density at radius 3 is 2.00 bits per heavy atom. The second kappa shape index (κ2) is 3.75. The summed E-state index contributed by atoms with van der Waals surface area (Å²) >= 11 is 0. The van der Waals surface area contributed by atoms with Gasteiger partial charge in [-0.2, -0.15) is 0 Å². The molecular formula is C8H19NO2S. The molecule has 1 unspecified atom stereocenters. The van der Waals surface area contributed by atoms with Crippen molar-refractivity contribution in [2.75, 3.05) is 12.8 Å². The minimum absolute atomic E-state index is 0.0149. The molecule has 0 aromatic rings. The highest BCUT2D eigenvalue weighted by atomic mass is 32.2. The van der Waals surface area contributed by atoms with Crippen LogP contribution in [0.25, 0.3) is 0 Å². The Morgan fingerprint density at radius 2 is 1.75 bits per heavy atom. The van der Waals surface area contributed by atoms with E-state index in [2.05, 4.69) is 5.32 Å².